The molecule has 0 unspecified atom stereocenters. The van der Waals surface area contributed by atoms with Gasteiger partial charge >= 0.3 is 6.61 Å². The fourth-order valence-electron chi connectivity index (χ4n) is 2.87. The van der Waals surface area contributed by atoms with Crippen LogP contribution in [0.2, 0.25) is 0 Å². The quantitative estimate of drug-likeness (QED) is 0.627. The Morgan fingerprint density at radius 2 is 1.97 bits per heavy atom. The molecule has 1 aliphatic heterocycles. The normalized spacial score (nSPS) is 15.1. The van der Waals surface area contributed by atoms with Crippen LogP contribution in [0.5, 0.6) is 5.75 Å². The third-order valence-corrected chi connectivity index (χ3v) is 6.13. The van der Waals surface area contributed by atoms with Gasteiger partial charge in [0.15, 0.2) is 0 Å². The number of nitrogens with zero attached hydrogens (tertiary/aromatic N) is 1. The fourth-order valence-corrected chi connectivity index (χ4v) is 4.32. The lowest BCUT2D eigenvalue weighted by Crippen LogP contribution is -2.49. The maximum absolute atomic E-state index is 12.8. The lowest BCUT2D eigenvalue weighted by molar-refractivity contribution is -0.122. The zero-order valence-electron chi connectivity index (χ0n) is 16.1. The van der Waals surface area contributed by atoms with Gasteiger partial charge in [-0.25, -0.2) is 8.42 Å². The minimum Gasteiger partial charge on any atom is -0.434 e. The number of carbonyl (C=O) groups excluding carboxylic acids is 2. The molecule has 0 atom stereocenters. The first-order chi connectivity index (χ1) is 14.8. The van der Waals surface area contributed by atoms with Crippen LogP contribution in [0.25, 0.3) is 6.08 Å². The molecule has 164 valence electrons. The number of nitrogens with one attached hydrogen (secondary N) is 2. The molecular formula is C20H19F2N3O5S. The van der Waals surface area contributed by atoms with Crippen molar-refractivity contribution in [2.75, 3.05) is 25.0 Å². The summed E-state index contributed by atoms with van der Waals surface area (Å²) in [6.45, 7) is -2.91. The third-order valence-electron chi connectivity index (χ3n) is 4.29. The molecule has 1 fully saturated rings. The number of benzene rings is 2. The van der Waals surface area contributed by atoms with E-state index in [1.54, 1.807) is 6.07 Å². The van der Waals surface area contributed by atoms with E-state index in [4.69, 9.17) is 0 Å². The van der Waals surface area contributed by atoms with Crippen LogP contribution in [0.15, 0.2) is 59.5 Å². The van der Waals surface area contributed by atoms with Crippen LogP contribution in [0.4, 0.5) is 14.5 Å². The number of amides is 2. The largest absolute Gasteiger partial charge is 0.434 e. The van der Waals surface area contributed by atoms with Crippen LogP contribution in [0, 0.1) is 0 Å². The summed E-state index contributed by atoms with van der Waals surface area (Å²) in [5.74, 6) is -1.07. The molecule has 0 aromatic heterocycles. The van der Waals surface area contributed by atoms with Gasteiger partial charge in [0.25, 0.3) is 0 Å². The van der Waals surface area contributed by atoms with Crippen molar-refractivity contribution in [3.05, 3.63) is 60.2 Å². The molecule has 0 bridgehead atoms. The Kier molecular flexibility index (Phi) is 6.98. The Bertz CT molecular complexity index is 1110. The highest BCUT2D eigenvalue weighted by molar-refractivity contribution is 7.89. The van der Waals surface area contributed by atoms with Crippen molar-refractivity contribution in [1.82, 2.24) is 9.62 Å². The molecule has 1 aliphatic rings. The molecule has 1 heterocycles. The topological polar surface area (TPSA) is 105 Å². The summed E-state index contributed by atoms with van der Waals surface area (Å²) in [7, 11) is -3.91. The van der Waals surface area contributed by atoms with Crippen LogP contribution in [-0.4, -0.2) is 50.8 Å². The Morgan fingerprint density at radius 1 is 1.19 bits per heavy atom. The Balaban J connectivity index is 1.72. The summed E-state index contributed by atoms with van der Waals surface area (Å²) in [5, 5.41) is 5.07. The molecule has 8 nitrogen and oxygen atoms in total. The van der Waals surface area contributed by atoms with Gasteiger partial charge in [-0.1, -0.05) is 24.3 Å². The number of ether oxygens (including phenoxy) is 1. The SMILES string of the molecule is O=C(C=Cc1ccccc1OC(F)F)Nc1cccc(S(=O)(=O)N2CCNC(=O)C2)c1. The number of sulfonamides is 1. The van der Waals surface area contributed by atoms with E-state index in [0.29, 0.717) is 0 Å². The first-order valence-electron chi connectivity index (χ1n) is 9.15. The molecule has 2 aromatic rings. The van der Waals surface area contributed by atoms with Gasteiger partial charge in [0.1, 0.15) is 5.75 Å². The molecular weight excluding hydrogens is 432 g/mol. The highest BCUT2D eigenvalue weighted by Gasteiger charge is 2.29. The molecule has 11 heteroatoms. The van der Waals surface area contributed by atoms with Crippen LogP contribution < -0.4 is 15.4 Å². The summed E-state index contributed by atoms with van der Waals surface area (Å²) < 4.78 is 55.9. The molecule has 2 aromatic carbocycles. The van der Waals surface area contributed by atoms with E-state index < -0.39 is 22.5 Å². The van der Waals surface area contributed by atoms with Crippen LogP contribution in [0.3, 0.4) is 0 Å². The zero-order chi connectivity index (χ0) is 22.4. The Labute approximate surface area is 177 Å². The number of rotatable bonds is 7. The maximum Gasteiger partial charge on any atom is 0.387 e. The van der Waals surface area contributed by atoms with Crippen LogP contribution in [-0.2, 0) is 19.6 Å². The van der Waals surface area contributed by atoms with Crippen molar-refractivity contribution in [3.8, 4) is 5.75 Å². The molecule has 2 N–H and O–H groups in total. The highest BCUT2D eigenvalue weighted by atomic mass is 32.2. The lowest BCUT2D eigenvalue weighted by Gasteiger charge is -2.26. The molecule has 2 amide bonds. The monoisotopic (exact) mass is 451 g/mol. The van der Waals surface area contributed by atoms with Gasteiger partial charge in [0.05, 0.1) is 11.4 Å². The van der Waals surface area contributed by atoms with Crippen molar-refractivity contribution >= 4 is 33.6 Å². The van der Waals surface area contributed by atoms with Crippen LogP contribution in [0.1, 0.15) is 5.56 Å². The standard InChI is InChI=1S/C20H19F2N3O5S/c21-20(22)30-17-7-2-1-4-14(17)8-9-18(26)24-15-5-3-6-16(12-15)31(28,29)25-11-10-23-19(27)13-25/h1-9,12,20H,10-11,13H2,(H,23,27)(H,24,26). The number of alkyl halides is 2. The van der Waals surface area contributed by atoms with Crippen molar-refractivity contribution in [1.29, 1.82) is 0 Å². The van der Waals surface area contributed by atoms with Crippen LogP contribution >= 0.6 is 0 Å². The smallest absolute Gasteiger partial charge is 0.387 e. The maximum atomic E-state index is 12.8. The minimum atomic E-state index is -3.91. The Morgan fingerprint density at radius 3 is 2.71 bits per heavy atom. The number of piperazine rings is 1. The average molecular weight is 451 g/mol. The van der Waals surface area contributed by atoms with Crippen molar-refractivity contribution in [2.24, 2.45) is 0 Å². The summed E-state index contributed by atoms with van der Waals surface area (Å²) >= 11 is 0. The number of hydrogen-bond acceptors (Lipinski definition) is 5. The summed E-state index contributed by atoms with van der Waals surface area (Å²) in [6, 6.07) is 11.6. The minimum absolute atomic E-state index is 0.0698. The van der Waals surface area contributed by atoms with E-state index in [2.05, 4.69) is 15.4 Å². The molecule has 0 saturated carbocycles. The van der Waals surface area contributed by atoms with Crippen molar-refractivity contribution < 1.29 is 31.5 Å². The van der Waals surface area contributed by atoms with E-state index in [0.717, 1.165) is 10.4 Å². The molecule has 3 rings (SSSR count). The summed E-state index contributed by atoms with van der Waals surface area (Å²) in [5.41, 5.74) is 0.493. The van der Waals surface area contributed by atoms with E-state index >= 15 is 0 Å². The first-order valence-corrected chi connectivity index (χ1v) is 10.6. The average Bonchev–Trinajstić information content (AvgIpc) is 2.73. The molecule has 31 heavy (non-hydrogen) atoms. The second kappa shape index (κ2) is 9.67. The molecule has 1 saturated heterocycles. The van der Waals surface area contributed by atoms with E-state index in [-0.39, 0.29) is 47.4 Å². The Hall–Kier alpha value is -3.31. The number of carbonyl (C=O) groups is 2. The van der Waals surface area contributed by atoms with Gasteiger partial charge in [-0.15, -0.1) is 0 Å². The number of para-hydroxylation sites is 1. The summed E-state index contributed by atoms with van der Waals surface area (Å²) in [4.78, 5) is 23.7. The number of hydrogen-bond donors (Lipinski definition) is 2. The highest BCUT2D eigenvalue weighted by Crippen LogP contribution is 2.22. The van der Waals surface area contributed by atoms with Gasteiger partial charge in [0.2, 0.25) is 21.8 Å². The predicted molar refractivity (Wildman–Crippen MR) is 109 cm³/mol. The molecule has 0 radical (unpaired) electrons. The van der Waals surface area contributed by atoms with Gasteiger partial charge in [0, 0.05) is 30.4 Å². The number of anilines is 1. The predicted octanol–water partition coefficient (Wildman–Crippen LogP) is 2.06. The van der Waals surface area contributed by atoms with E-state index in [1.165, 1.54) is 48.5 Å². The number of halogens is 2. The second-order valence-electron chi connectivity index (χ2n) is 6.46. The van der Waals surface area contributed by atoms with Gasteiger partial charge in [-0.05, 0) is 30.3 Å². The van der Waals surface area contributed by atoms with Gasteiger partial charge < -0.3 is 15.4 Å². The summed E-state index contributed by atoms with van der Waals surface area (Å²) in [6.07, 6.45) is 2.42. The van der Waals surface area contributed by atoms with Crippen molar-refractivity contribution in [3.63, 3.8) is 0 Å². The van der Waals surface area contributed by atoms with Crippen molar-refractivity contribution in [2.45, 2.75) is 11.5 Å². The van der Waals surface area contributed by atoms with E-state index in [1.807, 2.05) is 0 Å². The first kappa shape index (κ1) is 22.4. The molecule has 0 spiro atoms. The third kappa shape index (κ3) is 5.86. The van der Waals surface area contributed by atoms with Gasteiger partial charge in [-0.2, -0.15) is 13.1 Å². The second-order valence-corrected chi connectivity index (χ2v) is 8.39. The van der Waals surface area contributed by atoms with E-state index in [9.17, 15) is 26.8 Å². The molecule has 0 aliphatic carbocycles. The van der Waals surface area contributed by atoms with Gasteiger partial charge in [-0.3, -0.25) is 9.59 Å². The lowest BCUT2D eigenvalue weighted by atomic mass is 10.2. The fraction of sp³-hybridized carbons (Fsp3) is 0.200. The zero-order valence-corrected chi connectivity index (χ0v) is 16.9.